The van der Waals surface area contributed by atoms with E-state index in [1.807, 2.05) is 4.57 Å². The molecule has 142 valence electrons. The van der Waals surface area contributed by atoms with Gasteiger partial charge in [0.25, 0.3) is 0 Å². The lowest BCUT2D eigenvalue weighted by molar-refractivity contribution is 0.462. The van der Waals surface area contributed by atoms with Crippen molar-refractivity contribution in [2.24, 2.45) is 7.05 Å². The average molecular weight is 391 g/mol. The zero-order chi connectivity index (χ0) is 18.7. The number of fused-ring (bicyclic) bond motifs is 1. The first-order valence-electron chi connectivity index (χ1n) is 9.17. The summed E-state index contributed by atoms with van der Waals surface area (Å²) in [5.41, 5.74) is 0.199. The fraction of sp³-hybridized carbons (Fsp3) is 0.500. The molecule has 1 aromatic carbocycles. The molecule has 27 heavy (non-hydrogen) atoms. The van der Waals surface area contributed by atoms with Crippen LogP contribution in [0.3, 0.4) is 0 Å². The zero-order valence-corrected chi connectivity index (χ0v) is 15.7. The van der Waals surface area contributed by atoms with Crippen molar-refractivity contribution in [3.8, 4) is 0 Å². The Hall–Kier alpha value is -2.29. The predicted octanol–water partition coefficient (Wildman–Crippen LogP) is 3.19. The number of anilines is 1. The van der Waals surface area contributed by atoms with Crippen LogP contribution in [0.15, 0.2) is 16.9 Å². The lowest BCUT2D eigenvalue weighted by Gasteiger charge is -2.31. The van der Waals surface area contributed by atoms with Crippen molar-refractivity contribution in [1.82, 2.24) is 19.3 Å². The number of hydrogen-bond acceptors (Lipinski definition) is 5. The number of nitrogens with zero attached hydrogens (tertiary/aromatic N) is 5. The summed E-state index contributed by atoms with van der Waals surface area (Å²) < 4.78 is 31.2. The van der Waals surface area contributed by atoms with Crippen molar-refractivity contribution in [3.63, 3.8) is 0 Å². The maximum Gasteiger partial charge on any atom is 0.345 e. The third-order valence-electron chi connectivity index (χ3n) is 5.43. The highest BCUT2D eigenvalue weighted by molar-refractivity contribution is 7.22. The molecule has 3 aromatic rings. The molecule has 2 fully saturated rings. The number of piperidine rings is 1. The first-order chi connectivity index (χ1) is 13.0. The van der Waals surface area contributed by atoms with Crippen LogP contribution in [0.4, 0.5) is 13.9 Å². The summed E-state index contributed by atoms with van der Waals surface area (Å²) >= 11 is 1.31. The van der Waals surface area contributed by atoms with Gasteiger partial charge < -0.3 is 4.90 Å². The fourth-order valence-electron chi connectivity index (χ4n) is 3.86. The highest BCUT2D eigenvalue weighted by Gasteiger charge is 2.34. The van der Waals surface area contributed by atoms with Gasteiger partial charge in [-0.05, 0) is 31.7 Å². The molecule has 1 aliphatic heterocycles. The van der Waals surface area contributed by atoms with Gasteiger partial charge in [0, 0.05) is 38.2 Å². The number of aryl methyl sites for hydroxylation is 1. The van der Waals surface area contributed by atoms with Gasteiger partial charge in [-0.2, -0.15) is 5.10 Å². The number of aromatic nitrogens is 4. The van der Waals surface area contributed by atoms with Crippen LogP contribution in [0.2, 0.25) is 0 Å². The van der Waals surface area contributed by atoms with Gasteiger partial charge in [0.1, 0.15) is 17.2 Å². The van der Waals surface area contributed by atoms with E-state index in [0.29, 0.717) is 15.9 Å². The molecule has 0 atom stereocenters. The van der Waals surface area contributed by atoms with Crippen LogP contribution in [0.1, 0.15) is 43.5 Å². The quantitative estimate of drug-likeness (QED) is 0.688. The van der Waals surface area contributed by atoms with E-state index in [0.717, 1.165) is 50.7 Å². The van der Waals surface area contributed by atoms with E-state index in [4.69, 9.17) is 0 Å². The van der Waals surface area contributed by atoms with Gasteiger partial charge in [-0.25, -0.2) is 23.2 Å². The molecule has 0 unspecified atom stereocenters. The molecule has 0 spiro atoms. The monoisotopic (exact) mass is 391 g/mol. The van der Waals surface area contributed by atoms with Crippen molar-refractivity contribution < 1.29 is 8.78 Å². The molecular formula is C18H19F2N5OS. The normalized spacial score (nSPS) is 18.6. The van der Waals surface area contributed by atoms with Crippen molar-refractivity contribution >= 4 is 26.7 Å². The molecule has 0 radical (unpaired) electrons. The van der Waals surface area contributed by atoms with Crippen molar-refractivity contribution in [2.45, 2.75) is 37.6 Å². The zero-order valence-electron chi connectivity index (χ0n) is 14.9. The van der Waals surface area contributed by atoms with Gasteiger partial charge in [0.2, 0.25) is 0 Å². The van der Waals surface area contributed by atoms with Crippen LogP contribution >= 0.6 is 11.3 Å². The first-order valence-corrected chi connectivity index (χ1v) is 9.99. The van der Waals surface area contributed by atoms with E-state index in [9.17, 15) is 13.6 Å². The number of hydrogen-bond donors (Lipinski definition) is 0. The standard InChI is InChI=1S/C18H19F2N5OS/c1-23-18(26)25(12-2-3-12)16(22-23)10-4-6-24(7-5-10)17-21-15-13(20)8-11(19)9-14(15)27-17/h8-10,12H,2-7H2,1H3. The van der Waals surface area contributed by atoms with Gasteiger partial charge in [0.05, 0.1) is 4.70 Å². The van der Waals surface area contributed by atoms with Gasteiger partial charge in [0.15, 0.2) is 10.9 Å². The third-order valence-corrected chi connectivity index (χ3v) is 6.49. The van der Waals surface area contributed by atoms with E-state index >= 15 is 0 Å². The van der Waals surface area contributed by atoms with Crippen molar-refractivity contribution in [1.29, 1.82) is 0 Å². The second kappa shape index (κ2) is 6.12. The molecule has 1 aliphatic carbocycles. The van der Waals surface area contributed by atoms with Gasteiger partial charge in [-0.15, -0.1) is 0 Å². The Kier molecular flexibility index (Phi) is 3.82. The summed E-state index contributed by atoms with van der Waals surface area (Å²) in [5, 5.41) is 5.21. The summed E-state index contributed by atoms with van der Waals surface area (Å²) in [4.78, 5) is 18.8. The Labute approximate surface area is 158 Å². The van der Waals surface area contributed by atoms with Crippen molar-refractivity contribution in [3.05, 3.63) is 40.1 Å². The first kappa shape index (κ1) is 16.9. The minimum absolute atomic E-state index is 0.0291. The smallest absolute Gasteiger partial charge is 0.345 e. The van der Waals surface area contributed by atoms with Crippen LogP contribution in [-0.2, 0) is 7.05 Å². The van der Waals surface area contributed by atoms with E-state index in [2.05, 4.69) is 15.0 Å². The summed E-state index contributed by atoms with van der Waals surface area (Å²) in [5.74, 6) is -0.0761. The highest BCUT2D eigenvalue weighted by Crippen LogP contribution is 2.39. The Morgan fingerprint density at radius 1 is 1.15 bits per heavy atom. The van der Waals surface area contributed by atoms with Crippen LogP contribution in [-0.4, -0.2) is 32.4 Å². The maximum absolute atomic E-state index is 13.9. The van der Waals surface area contributed by atoms with Crippen molar-refractivity contribution in [2.75, 3.05) is 18.0 Å². The SMILES string of the molecule is Cn1nc(C2CCN(c3nc4c(F)cc(F)cc4s3)CC2)n(C2CC2)c1=O. The van der Waals surface area contributed by atoms with E-state index in [1.54, 1.807) is 7.05 Å². The number of halogens is 2. The average Bonchev–Trinajstić information content (AvgIpc) is 3.31. The summed E-state index contributed by atoms with van der Waals surface area (Å²) in [6.45, 7) is 1.51. The Balaban J connectivity index is 1.37. The Bertz CT molecular complexity index is 1080. The molecule has 9 heteroatoms. The number of thiazole rings is 1. The summed E-state index contributed by atoms with van der Waals surface area (Å²) in [7, 11) is 1.70. The fourth-order valence-corrected chi connectivity index (χ4v) is 4.92. The Morgan fingerprint density at radius 2 is 1.89 bits per heavy atom. The van der Waals surface area contributed by atoms with E-state index in [1.165, 1.54) is 22.1 Å². The molecule has 3 heterocycles. The lowest BCUT2D eigenvalue weighted by atomic mass is 9.96. The molecule has 2 aromatic heterocycles. The molecule has 5 rings (SSSR count). The van der Waals surface area contributed by atoms with E-state index < -0.39 is 11.6 Å². The molecule has 1 saturated carbocycles. The molecular weight excluding hydrogens is 372 g/mol. The number of benzene rings is 1. The second-order valence-electron chi connectivity index (χ2n) is 7.36. The topological polar surface area (TPSA) is 56.0 Å². The summed E-state index contributed by atoms with van der Waals surface area (Å²) in [6, 6.07) is 2.51. The largest absolute Gasteiger partial charge is 0.348 e. The summed E-state index contributed by atoms with van der Waals surface area (Å²) in [6.07, 6.45) is 3.81. The van der Waals surface area contributed by atoms with Gasteiger partial charge in [-0.1, -0.05) is 11.3 Å². The van der Waals surface area contributed by atoms with Crippen LogP contribution in [0.25, 0.3) is 10.2 Å². The van der Waals surface area contributed by atoms with Crippen LogP contribution in [0.5, 0.6) is 0 Å². The highest BCUT2D eigenvalue weighted by atomic mass is 32.1. The molecule has 2 aliphatic rings. The minimum Gasteiger partial charge on any atom is -0.348 e. The number of rotatable bonds is 3. The molecule has 0 amide bonds. The van der Waals surface area contributed by atoms with Crippen LogP contribution < -0.4 is 10.6 Å². The molecule has 0 N–H and O–H groups in total. The third kappa shape index (κ3) is 2.84. The molecule has 1 saturated heterocycles. The lowest BCUT2D eigenvalue weighted by Crippen LogP contribution is -2.34. The van der Waals surface area contributed by atoms with Gasteiger partial charge >= 0.3 is 5.69 Å². The maximum atomic E-state index is 13.9. The van der Waals surface area contributed by atoms with Crippen LogP contribution in [0, 0.1) is 11.6 Å². The van der Waals surface area contributed by atoms with Gasteiger partial charge in [-0.3, -0.25) is 4.57 Å². The van der Waals surface area contributed by atoms with E-state index in [-0.39, 0.29) is 17.1 Å². The predicted molar refractivity (Wildman–Crippen MR) is 99.5 cm³/mol. The second-order valence-corrected chi connectivity index (χ2v) is 8.37. The molecule has 0 bridgehead atoms. The Morgan fingerprint density at radius 3 is 2.59 bits per heavy atom. The molecule has 6 nitrogen and oxygen atoms in total. The minimum atomic E-state index is -0.621.